The molecule has 0 aliphatic carbocycles. The number of nitrogens with one attached hydrogen (secondary N) is 1. The molecule has 0 aliphatic heterocycles. The average molecular weight is 334 g/mol. The Balaban J connectivity index is 3.13. The first kappa shape index (κ1) is 18.9. The lowest BCUT2D eigenvalue weighted by Gasteiger charge is -2.26. The van der Waals surface area contributed by atoms with Crippen LogP contribution >= 0.6 is 0 Å². The summed E-state index contributed by atoms with van der Waals surface area (Å²) in [5.41, 5.74) is -0.375. The van der Waals surface area contributed by atoms with E-state index in [1.165, 1.54) is 13.0 Å². The lowest BCUT2D eigenvalue weighted by Crippen LogP contribution is -2.41. The zero-order valence-electron chi connectivity index (χ0n) is 13.0. The van der Waals surface area contributed by atoms with E-state index in [0.717, 1.165) is 12.1 Å². The molecule has 0 fully saturated rings. The second-order valence-corrected chi connectivity index (χ2v) is 5.57. The van der Waals surface area contributed by atoms with Crippen molar-refractivity contribution in [2.45, 2.75) is 26.9 Å². The molecule has 0 radical (unpaired) electrons. The number of anilines is 1. The lowest BCUT2D eigenvalue weighted by molar-refractivity contribution is -0.141. The van der Waals surface area contributed by atoms with Crippen LogP contribution in [0.2, 0.25) is 0 Å². The molecule has 2 amide bonds. The summed E-state index contributed by atoms with van der Waals surface area (Å²) >= 11 is 0. The van der Waals surface area contributed by atoms with Gasteiger partial charge in [0.15, 0.2) is 0 Å². The van der Waals surface area contributed by atoms with Crippen molar-refractivity contribution in [1.29, 1.82) is 0 Å². The fourth-order valence-electron chi connectivity index (χ4n) is 2.02. The Morgan fingerprint density at radius 1 is 1.26 bits per heavy atom. The second kappa shape index (κ2) is 7.43. The van der Waals surface area contributed by atoms with Crippen LogP contribution in [0.3, 0.4) is 0 Å². The molecule has 0 aliphatic rings. The molecule has 0 bridgehead atoms. The number of amides is 2. The number of benzene rings is 1. The van der Waals surface area contributed by atoms with Gasteiger partial charge in [0.1, 0.15) is 12.4 Å². The number of halogens is 4. The Hall–Kier alpha value is -2.12. The van der Waals surface area contributed by atoms with Crippen molar-refractivity contribution < 1.29 is 27.2 Å². The van der Waals surface area contributed by atoms with Gasteiger partial charge in [-0.15, -0.1) is 0 Å². The Morgan fingerprint density at radius 3 is 2.35 bits per heavy atom. The molecule has 1 rings (SSSR count). The third kappa shape index (κ3) is 6.25. The first-order valence-corrected chi connectivity index (χ1v) is 6.92. The molecule has 23 heavy (non-hydrogen) atoms. The minimum absolute atomic E-state index is 0.138. The minimum atomic E-state index is -4.59. The summed E-state index contributed by atoms with van der Waals surface area (Å²) in [6, 6.07) is 3.19. The Kier molecular flexibility index (Phi) is 6.12. The van der Waals surface area contributed by atoms with E-state index in [0.29, 0.717) is 4.90 Å². The molecule has 0 unspecified atom stereocenters. The molecule has 0 aromatic heterocycles. The summed E-state index contributed by atoms with van der Waals surface area (Å²) in [5.74, 6) is -2.67. The van der Waals surface area contributed by atoms with Gasteiger partial charge < -0.3 is 10.2 Å². The number of nitrogens with zero attached hydrogens (tertiary/aromatic N) is 1. The van der Waals surface area contributed by atoms with Crippen LogP contribution in [0.1, 0.15) is 31.1 Å². The molecule has 0 heterocycles. The monoisotopic (exact) mass is 334 g/mol. The van der Waals surface area contributed by atoms with Gasteiger partial charge in [-0.25, -0.2) is 4.39 Å². The molecular weight excluding hydrogens is 316 g/mol. The van der Waals surface area contributed by atoms with Crippen molar-refractivity contribution in [1.82, 2.24) is 4.90 Å². The van der Waals surface area contributed by atoms with E-state index in [2.05, 4.69) is 5.32 Å². The van der Waals surface area contributed by atoms with Crippen molar-refractivity contribution in [2.24, 2.45) is 5.92 Å². The van der Waals surface area contributed by atoms with E-state index in [9.17, 15) is 27.2 Å². The number of carbonyl (C=O) groups excluding carboxylic acids is 2. The summed E-state index contributed by atoms with van der Waals surface area (Å²) in [7, 11) is 0. The maximum atomic E-state index is 13.8. The normalized spacial score (nSPS) is 11.5. The van der Waals surface area contributed by atoms with Crippen LogP contribution in [-0.2, 0) is 4.79 Å². The number of carbonyl (C=O) groups is 2. The highest BCUT2D eigenvalue weighted by atomic mass is 19.4. The Morgan fingerprint density at radius 2 is 1.87 bits per heavy atom. The van der Waals surface area contributed by atoms with Crippen LogP contribution in [0.5, 0.6) is 0 Å². The van der Waals surface area contributed by atoms with Crippen molar-refractivity contribution >= 4 is 17.5 Å². The molecular formula is C15H18F4N2O2. The molecule has 0 saturated carbocycles. The average Bonchev–Trinajstić information content (AvgIpc) is 2.36. The zero-order valence-corrected chi connectivity index (χ0v) is 13.0. The maximum Gasteiger partial charge on any atom is 0.406 e. The largest absolute Gasteiger partial charge is 0.406 e. The Bertz CT molecular complexity index is 585. The molecule has 1 aromatic rings. The highest BCUT2D eigenvalue weighted by molar-refractivity contribution is 5.97. The predicted molar refractivity (Wildman–Crippen MR) is 77.5 cm³/mol. The van der Waals surface area contributed by atoms with E-state index in [4.69, 9.17) is 0 Å². The van der Waals surface area contributed by atoms with Gasteiger partial charge in [0, 0.05) is 19.2 Å². The Labute approximate surface area is 131 Å². The lowest BCUT2D eigenvalue weighted by atomic mass is 10.1. The van der Waals surface area contributed by atoms with Gasteiger partial charge in [0.25, 0.3) is 5.91 Å². The minimum Gasteiger partial charge on any atom is -0.329 e. The van der Waals surface area contributed by atoms with E-state index < -0.39 is 35.9 Å². The molecule has 4 nitrogen and oxygen atoms in total. The number of hydrogen-bond acceptors (Lipinski definition) is 2. The summed E-state index contributed by atoms with van der Waals surface area (Å²) in [6.07, 6.45) is -4.59. The van der Waals surface area contributed by atoms with Gasteiger partial charge in [0.2, 0.25) is 5.91 Å². The highest BCUT2D eigenvalue weighted by Crippen LogP contribution is 2.22. The van der Waals surface area contributed by atoms with Gasteiger partial charge in [-0.3, -0.25) is 9.59 Å². The van der Waals surface area contributed by atoms with E-state index in [1.807, 2.05) is 0 Å². The SMILES string of the molecule is CC(=O)Nc1ccc(F)c(C(=O)N(CC(C)C)CC(F)(F)F)c1. The third-order valence-corrected chi connectivity index (χ3v) is 2.76. The fraction of sp³-hybridized carbons (Fsp3) is 0.467. The van der Waals surface area contributed by atoms with Crippen LogP contribution in [0.25, 0.3) is 0 Å². The molecule has 1 N–H and O–H groups in total. The molecule has 0 atom stereocenters. The molecule has 8 heteroatoms. The van der Waals surface area contributed by atoms with Gasteiger partial charge >= 0.3 is 6.18 Å². The topological polar surface area (TPSA) is 49.4 Å². The molecule has 0 spiro atoms. The molecule has 128 valence electrons. The van der Waals surface area contributed by atoms with Crippen LogP contribution < -0.4 is 5.32 Å². The predicted octanol–water partition coefficient (Wildman–Crippen LogP) is 3.44. The third-order valence-electron chi connectivity index (χ3n) is 2.76. The van der Waals surface area contributed by atoms with Gasteiger partial charge in [0.05, 0.1) is 5.56 Å². The quantitative estimate of drug-likeness (QED) is 0.839. The molecule has 1 aromatic carbocycles. The first-order chi connectivity index (χ1) is 10.5. The summed E-state index contributed by atoms with van der Waals surface area (Å²) in [5, 5.41) is 2.36. The fourth-order valence-corrected chi connectivity index (χ4v) is 2.02. The number of alkyl halides is 3. The summed E-state index contributed by atoms with van der Waals surface area (Å²) in [6.45, 7) is 2.90. The zero-order chi connectivity index (χ0) is 17.8. The number of hydrogen-bond donors (Lipinski definition) is 1. The first-order valence-electron chi connectivity index (χ1n) is 6.92. The van der Waals surface area contributed by atoms with Crippen LogP contribution in [-0.4, -0.2) is 36.0 Å². The van der Waals surface area contributed by atoms with Gasteiger partial charge in [-0.05, 0) is 24.1 Å². The molecule has 0 saturated heterocycles. The van der Waals surface area contributed by atoms with Crippen LogP contribution in [0.15, 0.2) is 18.2 Å². The van der Waals surface area contributed by atoms with Crippen LogP contribution in [0.4, 0.5) is 23.2 Å². The smallest absolute Gasteiger partial charge is 0.329 e. The second-order valence-electron chi connectivity index (χ2n) is 5.57. The highest BCUT2D eigenvalue weighted by Gasteiger charge is 2.34. The van der Waals surface area contributed by atoms with Crippen LogP contribution in [0, 0.1) is 11.7 Å². The van der Waals surface area contributed by atoms with Gasteiger partial charge in [-0.2, -0.15) is 13.2 Å². The van der Waals surface area contributed by atoms with Crippen molar-refractivity contribution in [2.75, 3.05) is 18.4 Å². The number of rotatable bonds is 5. The van der Waals surface area contributed by atoms with Gasteiger partial charge in [-0.1, -0.05) is 13.8 Å². The maximum absolute atomic E-state index is 13.8. The van der Waals surface area contributed by atoms with E-state index in [-0.39, 0.29) is 18.2 Å². The van der Waals surface area contributed by atoms with E-state index in [1.54, 1.807) is 13.8 Å². The van der Waals surface area contributed by atoms with Crippen molar-refractivity contribution in [3.8, 4) is 0 Å². The summed E-state index contributed by atoms with van der Waals surface area (Å²) < 4.78 is 51.8. The van der Waals surface area contributed by atoms with Crippen molar-refractivity contribution in [3.63, 3.8) is 0 Å². The summed E-state index contributed by atoms with van der Waals surface area (Å²) in [4.78, 5) is 23.8. The van der Waals surface area contributed by atoms with Crippen molar-refractivity contribution in [3.05, 3.63) is 29.6 Å². The van der Waals surface area contributed by atoms with E-state index >= 15 is 0 Å². The standard InChI is InChI=1S/C15H18F4N2O2/c1-9(2)7-21(8-15(17,18)19)14(23)12-6-11(20-10(3)22)4-5-13(12)16/h4-6,9H,7-8H2,1-3H3,(H,20,22).